The Kier molecular flexibility index (Phi) is 5.28. The summed E-state index contributed by atoms with van der Waals surface area (Å²) in [4.78, 5) is 22.5. The Morgan fingerprint density at radius 1 is 1.53 bits per heavy atom. The lowest BCUT2D eigenvalue weighted by Crippen LogP contribution is -2.56. The number of carbonyl (C=O) groups excluding carboxylic acids is 1. The highest BCUT2D eigenvalue weighted by Gasteiger charge is 2.35. The summed E-state index contributed by atoms with van der Waals surface area (Å²) in [6, 6.07) is 0. The van der Waals surface area contributed by atoms with Gasteiger partial charge in [-0.1, -0.05) is 13.8 Å². The van der Waals surface area contributed by atoms with Gasteiger partial charge in [-0.15, -0.1) is 0 Å². The van der Waals surface area contributed by atoms with Crippen LogP contribution in [0.25, 0.3) is 0 Å². The van der Waals surface area contributed by atoms with E-state index in [1.807, 2.05) is 6.92 Å². The van der Waals surface area contributed by atoms with Crippen molar-refractivity contribution in [3.8, 4) is 0 Å². The number of hydrogen-bond acceptors (Lipinski definition) is 3. The van der Waals surface area contributed by atoms with Crippen molar-refractivity contribution in [2.45, 2.75) is 32.7 Å². The number of carboxylic acids is 1. The van der Waals surface area contributed by atoms with Gasteiger partial charge in [-0.2, -0.15) is 0 Å². The number of carboxylic acid groups (broad SMARTS) is 1. The molecular weight excluding hydrogens is 198 g/mol. The SMILES string of the molecule is CCC(C)C(=O)NC(C)(COC)C(=O)O. The molecule has 0 aromatic heterocycles. The molecule has 0 saturated carbocycles. The summed E-state index contributed by atoms with van der Waals surface area (Å²) in [5.41, 5.74) is -1.35. The number of ether oxygens (including phenoxy) is 1. The average Bonchev–Trinajstić information content (AvgIpc) is 2.16. The predicted octanol–water partition coefficient (Wildman–Crippen LogP) is 0.638. The zero-order chi connectivity index (χ0) is 12.1. The summed E-state index contributed by atoms with van der Waals surface area (Å²) in [5.74, 6) is -1.55. The normalized spacial score (nSPS) is 16.5. The van der Waals surface area contributed by atoms with Crippen LogP contribution in [-0.4, -0.2) is 36.2 Å². The van der Waals surface area contributed by atoms with Crippen LogP contribution in [0, 0.1) is 5.92 Å². The summed E-state index contributed by atoms with van der Waals surface area (Å²) >= 11 is 0. The minimum atomic E-state index is -1.35. The van der Waals surface area contributed by atoms with Gasteiger partial charge in [0.2, 0.25) is 5.91 Å². The maximum atomic E-state index is 11.5. The Bertz CT molecular complexity index is 242. The van der Waals surface area contributed by atoms with Crippen molar-refractivity contribution in [3.05, 3.63) is 0 Å². The number of aliphatic carboxylic acids is 1. The summed E-state index contributed by atoms with van der Waals surface area (Å²) in [6.07, 6.45) is 0.675. The van der Waals surface area contributed by atoms with Gasteiger partial charge in [-0.05, 0) is 13.3 Å². The summed E-state index contributed by atoms with van der Waals surface area (Å²) in [6.45, 7) is 5.01. The molecule has 5 nitrogen and oxygen atoms in total. The van der Waals surface area contributed by atoms with Crippen LogP contribution in [0.1, 0.15) is 27.2 Å². The first kappa shape index (κ1) is 13.9. The van der Waals surface area contributed by atoms with E-state index in [2.05, 4.69) is 5.32 Å². The van der Waals surface area contributed by atoms with Crippen LogP contribution >= 0.6 is 0 Å². The van der Waals surface area contributed by atoms with E-state index < -0.39 is 11.5 Å². The Hall–Kier alpha value is -1.10. The third-order valence-electron chi connectivity index (χ3n) is 2.36. The summed E-state index contributed by atoms with van der Waals surface area (Å²) in [7, 11) is 1.40. The van der Waals surface area contributed by atoms with Gasteiger partial charge < -0.3 is 15.2 Å². The fraction of sp³-hybridized carbons (Fsp3) is 0.800. The Morgan fingerprint density at radius 3 is 2.40 bits per heavy atom. The molecule has 0 radical (unpaired) electrons. The molecule has 0 saturated heterocycles. The molecule has 1 amide bonds. The molecule has 0 heterocycles. The van der Waals surface area contributed by atoms with E-state index in [9.17, 15) is 9.59 Å². The topological polar surface area (TPSA) is 75.6 Å². The van der Waals surface area contributed by atoms with Crippen LogP contribution in [0.2, 0.25) is 0 Å². The molecule has 2 N–H and O–H groups in total. The minimum absolute atomic E-state index is 0.0511. The maximum Gasteiger partial charge on any atom is 0.331 e. The summed E-state index contributed by atoms with van der Waals surface area (Å²) < 4.78 is 4.79. The smallest absolute Gasteiger partial charge is 0.331 e. The summed E-state index contributed by atoms with van der Waals surface area (Å²) in [5, 5.41) is 11.5. The number of methoxy groups -OCH3 is 1. The molecular formula is C10H19NO4. The zero-order valence-corrected chi connectivity index (χ0v) is 9.66. The predicted molar refractivity (Wildman–Crippen MR) is 55.5 cm³/mol. The third kappa shape index (κ3) is 3.87. The van der Waals surface area contributed by atoms with E-state index in [0.717, 1.165) is 0 Å². The van der Waals surface area contributed by atoms with E-state index >= 15 is 0 Å². The van der Waals surface area contributed by atoms with Gasteiger partial charge in [0.25, 0.3) is 0 Å². The molecule has 0 aromatic rings. The first-order valence-corrected chi connectivity index (χ1v) is 4.91. The molecule has 0 aliphatic carbocycles. The number of amides is 1. The van der Waals surface area contributed by atoms with Gasteiger partial charge in [-0.25, -0.2) is 4.79 Å². The molecule has 0 aromatic carbocycles. The fourth-order valence-electron chi connectivity index (χ4n) is 1.02. The van der Waals surface area contributed by atoms with Crippen molar-refractivity contribution in [2.24, 2.45) is 5.92 Å². The lowest BCUT2D eigenvalue weighted by atomic mass is 10.0. The molecule has 0 aliphatic heterocycles. The van der Waals surface area contributed by atoms with Crippen molar-refractivity contribution >= 4 is 11.9 Å². The fourth-order valence-corrected chi connectivity index (χ4v) is 1.02. The first-order chi connectivity index (χ1) is 6.87. The number of rotatable bonds is 6. The first-order valence-electron chi connectivity index (χ1n) is 4.91. The quantitative estimate of drug-likeness (QED) is 0.684. The molecule has 2 atom stereocenters. The van der Waals surface area contributed by atoms with Crippen molar-refractivity contribution in [1.82, 2.24) is 5.32 Å². The second-order valence-electron chi connectivity index (χ2n) is 3.87. The highest BCUT2D eigenvalue weighted by atomic mass is 16.5. The molecule has 5 heteroatoms. The largest absolute Gasteiger partial charge is 0.479 e. The van der Waals surface area contributed by atoms with E-state index in [1.54, 1.807) is 6.92 Å². The molecule has 0 spiro atoms. The number of nitrogens with one attached hydrogen (secondary N) is 1. The van der Waals surface area contributed by atoms with Crippen LogP contribution in [0.4, 0.5) is 0 Å². The van der Waals surface area contributed by atoms with Crippen LogP contribution in [0.3, 0.4) is 0 Å². The van der Waals surface area contributed by atoms with Crippen molar-refractivity contribution in [3.63, 3.8) is 0 Å². The zero-order valence-electron chi connectivity index (χ0n) is 9.66. The molecule has 0 rings (SSSR count). The Morgan fingerprint density at radius 2 is 2.07 bits per heavy atom. The van der Waals surface area contributed by atoms with Crippen molar-refractivity contribution in [2.75, 3.05) is 13.7 Å². The van der Waals surface area contributed by atoms with Crippen molar-refractivity contribution < 1.29 is 19.4 Å². The van der Waals surface area contributed by atoms with E-state index in [-0.39, 0.29) is 18.4 Å². The van der Waals surface area contributed by atoms with Crippen molar-refractivity contribution in [1.29, 1.82) is 0 Å². The lowest BCUT2D eigenvalue weighted by molar-refractivity contribution is -0.149. The Labute approximate surface area is 89.8 Å². The van der Waals surface area contributed by atoms with E-state index in [4.69, 9.17) is 9.84 Å². The van der Waals surface area contributed by atoms with Crippen LogP contribution in [0.15, 0.2) is 0 Å². The van der Waals surface area contributed by atoms with Crippen LogP contribution < -0.4 is 5.32 Å². The second-order valence-corrected chi connectivity index (χ2v) is 3.87. The molecule has 88 valence electrons. The average molecular weight is 217 g/mol. The standard InChI is InChI=1S/C10H19NO4/c1-5-7(2)8(12)11-10(3,6-15-4)9(13)14/h7H,5-6H2,1-4H3,(H,11,12)(H,13,14). The van der Waals surface area contributed by atoms with Gasteiger partial charge in [-0.3, -0.25) is 4.79 Å². The van der Waals surface area contributed by atoms with Gasteiger partial charge >= 0.3 is 5.97 Å². The lowest BCUT2D eigenvalue weighted by Gasteiger charge is -2.26. The van der Waals surface area contributed by atoms with E-state index in [1.165, 1.54) is 14.0 Å². The molecule has 0 fully saturated rings. The van der Waals surface area contributed by atoms with Gasteiger partial charge in [0.1, 0.15) is 0 Å². The van der Waals surface area contributed by atoms with Gasteiger partial charge in [0, 0.05) is 13.0 Å². The minimum Gasteiger partial charge on any atom is -0.479 e. The van der Waals surface area contributed by atoms with Crippen LogP contribution in [0.5, 0.6) is 0 Å². The molecule has 0 bridgehead atoms. The number of carbonyl (C=O) groups is 2. The highest BCUT2D eigenvalue weighted by Crippen LogP contribution is 2.08. The highest BCUT2D eigenvalue weighted by molar-refractivity contribution is 5.87. The third-order valence-corrected chi connectivity index (χ3v) is 2.36. The number of hydrogen-bond donors (Lipinski definition) is 2. The molecule has 2 unspecified atom stereocenters. The van der Waals surface area contributed by atoms with Gasteiger partial charge in [0.05, 0.1) is 6.61 Å². The molecule has 15 heavy (non-hydrogen) atoms. The Balaban J connectivity index is 4.55. The maximum absolute atomic E-state index is 11.5. The van der Waals surface area contributed by atoms with Gasteiger partial charge in [0.15, 0.2) is 5.54 Å². The van der Waals surface area contributed by atoms with Crippen LogP contribution in [-0.2, 0) is 14.3 Å². The van der Waals surface area contributed by atoms with E-state index in [0.29, 0.717) is 6.42 Å². The molecule has 0 aliphatic rings. The monoisotopic (exact) mass is 217 g/mol. The second kappa shape index (κ2) is 5.70.